The smallest absolute Gasteiger partial charge is 0.412 e. The number of hydrogen-bond donors (Lipinski definition) is 0. The molecular formula is C17H21NO4. The van der Waals surface area contributed by atoms with Crippen molar-refractivity contribution in [1.82, 2.24) is 4.90 Å². The van der Waals surface area contributed by atoms with Gasteiger partial charge in [0.1, 0.15) is 5.60 Å². The Morgan fingerprint density at radius 2 is 1.73 bits per heavy atom. The maximum Gasteiger partial charge on any atom is 0.412 e. The third-order valence-corrected chi connectivity index (χ3v) is 3.26. The molecule has 1 aliphatic heterocycles. The third kappa shape index (κ3) is 3.47. The molecule has 0 aliphatic carbocycles. The minimum absolute atomic E-state index is 0.347. The van der Waals surface area contributed by atoms with Crippen LogP contribution in [0, 0.1) is 0 Å². The lowest BCUT2D eigenvalue weighted by molar-refractivity contribution is -0.145. The molecule has 0 saturated carbocycles. The van der Waals surface area contributed by atoms with Crippen molar-refractivity contribution in [2.45, 2.75) is 38.5 Å². The fourth-order valence-electron chi connectivity index (χ4n) is 2.35. The summed E-state index contributed by atoms with van der Waals surface area (Å²) >= 11 is 0. The number of esters is 1. The van der Waals surface area contributed by atoms with Crippen LogP contribution < -0.4 is 0 Å². The normalized spacial score (nSPS) is 20.8. The van der Waals surface area contributed by atoms with E-state index in [1.54, 1.807) is 26.8 Å². The minimum Gasteiger partial charge on any atom is -0.467 e. The molecule has 5 nitrogen and oxygen atoms in total. The molecule has 2 atom stereocenters. The summed E-state index contributed by atoms with van der Waals surface area (Å²) in [7, 11) is 1.30. The zero-order chi connectivity index (χ0) is 16.3. The molecule has 5 heteroatoms. The molecule has 0 fully saturated rings. The molecule has 0 radical (unpaired) electrons. The molecule has 0 unspecified atom stereocenters. The predicted molar refractivity (Wildman–Crippen MR) is 82.2 cm³/mol. The summed E-state index contributed by atoms with van der Waals surface area (Å²) in [5.41, 5.74) is 0.276. The van der Waals surface area contributed by atoms with Crippen LogP contribution in [0.25, 0.3) is 0 Å². The predicted octanol–water partition coefficient (Wildman–Crippen LogP) is 3.08. The first-order valence-corrected chi connectivity index (χ1v) is 7.16. The zero-order valence-electron chi connectivity index (χ0n) is 13.3. The maximum atomic E-state index is 12.5. The Balaban J connectivity index is 2.32. The van der Waals surface area contributed by atoms with Gasteiger partial charge in [0.2, 0.25) is 0 Å². The lowest BCUT2D eigenvalue weighted by Crippen LogP contribution is -2.45. The van der Waals surface area contributed by atoms with Gasteiger partial charge in [-0.3, -0.25) is 4.90 Å². The van der Waals surface area contributed by atoms with Gasteiger partial charge in [0.25, 0.3) is 0 Å². The lowest BCUT2D eigenvalue weighted by Gasteiger charge is -2.31. The highest BCUT2D eigenvalue weighted by Crippen LogP contribution is 2.32. The average molecular weight is 303 g/mol. The van der Waals surface area contributed by atoms with Crippen molar-refractivity contribution in [3.05, 3.63) is 48.0 Å². The van der Waals surface area contributed by atoms with Crippen LogP contribution >= 0.6 is 0 Å². The molecule has 0 saturated heterocycles. The van der Waals surface area contributed by atoms with Gasteiger partial charge < -0.3 is 9.47 Å². The minimum atomic E-state index is -0.773. The average Bonchev–Trinajstić information content (AvgIpc) is 2.90. The van der Waals surface area contributed by atoms with Gasteiger partial charge in [0.15, 0.2) is 6.04 Å². The van der Waals surface area contributed by atoms with Gasteiger partial charge in [-0.05, 0) is 26.3 Å². The Kier molecular flexibility index (Phi) is 4.54. The van der Waals surface area contributed by atoms with E-state index >= 15 is 0 Å². The molecule has 22 heavy (non-hydrogen) atoms. The van der Waals surface area contributed by atoms with E-state index < -0.39 is 23.7 Å². The summed E-state index contributed by atoms with van der Waals surface area (Å²) in [6, 6.07) is 8.38. The number of nitrogens with zero attached hydrogens (tertiary/aromatic N) is 1. The van der Waals surface area contributed by atoms with Crippen molar-refractivity contribution in [3.8, 4) is 0 Å². The summed E-state index contributed by atoms with van der Waals surface area (Å²) in [4.78, 5) is 25.9. The Labute approximate surface area is 130 Å². The number of amides is 1. The van der Waals surface area contributed by atoms with Crippen molar-refractivity contribution in [1.29, 1.82) is 0 Å². The van der Waals surface area contributed by atoms with Gasteiger partial charge in [-0.1, -0.05) is 42.5 Å². The van der Waals surface area contributed by atoms with Crippen LogP contribution in [0.15, 0.2) is 42.5 Å². The van der Waals surface area contributed by atoms with E-state index in [-0.39, 0.29) is 6.04 Å². The second kappa shape index (κ2) is 6.22. The summed E-state index contributed by atoms with van der Waals surface area (Å²) in [5, 5.41) is 0. The number of benzene rings is 1. The SMILES string of the molecule is COC(=O)[C@@H]1C=C[C@H](c2ccccc2)N1C(=O)OC(C)(C)C. The van der Waals surface area contributed by atoms with Gasteiger partial charge in [-0.15, -0.1) is 0 Å². The molecule has 2 rings (SSSR count). The highest BCUT2D eigenvalue weighted by atomic mass is 16.6. The topological polar surface area (TPSA) is 55.8 Å². The van der Waals surface area contributed by atoms with Crippen LogP contribution in [0.1, 0.15) is 32.4 Å². The molecule has 0 spiro atoms. The maximum absolute atomic E-state index is 12.5. The van der Waals surface area contributed by atoms with Gasteiger partial charge in [-0.2, -0.15) is 0 Å². The molecule has 0 N–H and O–H groups in total. The first-order chi connectivity index (χ1) is 10.3. The molecule has 1 aromatic carbocycles. The Hall–Kier alpha value is -2.30. The van der Waals surface area contributed by atoms with Crippen LogP contribution in [0.5, 0.6) is 0 Å². The van der Waals surface area contributed by atoms with Gasteiger partial charge in [0, 0.05) is 0 Å². The Bertz CT molecular complexity index is 574. The molecule has 1 aliphatic rings. The molecule has 1 aromatic rings. The summed E-state index contributed by atoms with van der Waals surface area (Å²) < 4.78 is 10.2. The van der Waals surface area contributed by atoms with E-state index in [2.05, 4.69) is 0 Å². The third-order valence-electron chi connectivity index (χ3n) is 3.26. The van der Waals surface area contributed by atoms with Crippen LogP contribution in [-0.2, 0) is 14.3 Å². The number of carbonyl (C=O) groups excluding carboxylic acids is 2. The van der Waals surface area contributed by atoms with E-state index in [9.17, 15) is 9.59 Å². The number of ether oxygens (including phenoxy) is 2. The summed E-state index contributed by atoms with van der Waals surface area (Å²) in [6.45, 7) is 5.37. The monoisotopic (exact) mass is 303 g/mol. The molecule has 0 aromatic heterocycles. The number of carbonyl (C=O) groups is 2. The van der Waals surface area contributed by atoms with E-state index in [0.717, 1.165) is 5.56 Å². The van der Waals surface area contributed by atoms with Crippen LogP contribution in [0.4, 0.5) is 4.79 Å². The number of methoxy groups -OCH3 is 1. The van der Waals surface area contributed by atoms with Gasteiger partial charge in [0.05, 0.1) is 13.2 Å². The van der Waals surface area contributed by atoms with E-state index in [1.807, 2.05) is 36.4 Å². The first kappa shape index (κ1) is 16.1. The fourth-order valence-corrected chi connectivity index (χ4v) is 2.35. The van der Waals surface area contributed by atoms with Crippen LogP contribution in [-0.4, -0.2) is 35.7 Å². The first-order valence-electron chi connectivity index (χ1n) is 7.16. The summed E-state index contributed by atoms with van der Waals surface area (Å²) in [6.07, 6.45) is 2.95. The van der Waals surface area contributed by atoms with Crippen LogP contribution in [0.2, 0.25) is 0 Å². The molecular weight excluding hydrogens is 282 g/mol. The van der Waals surface area contributed by atoms with Crippen molar-refractivity contribution < 1.29 is 19.1 Å². The van der Waals surface area contributed by atoms with Crippen LogP contribution in [0.3, 0.4) is 0 Å². The van der Waals surface area contributed by atoms with E-state index in [0.29, 0.717) is 0 Å². The molecule has 118 valence electrons. The molecule has 1 heterocycles. The highest BCUT2D eigenvalue weighted by Gasteiger charge is 2.40. The second-order valence-electron chi connectivity index (χ2n) is 6.10. The second-order valence-corrected chi connectivity index (χ2v) is 6.10. The fraction of sp³-hybridized carbons (Fsp3) is 0.412. The van der Waals surface area contributed by atoms with Crippen molar-refractivity contribution in [3.63, 3.8) is 0 Å². The number of hydrogen-bond acceptors (Lipinski definition) is 4. The number of rotatable bonds is 2. The van der Waals surface area contributed by atoms with Gasteiger partial charge in [-0.25, -0.2) is 9.59 Å². The summed E-state index contributed by atoms with van der Waals surface area (Å²) in [5.74, 6) is -0.486. The quantitative estimate of drug-likeness (QED) is 0.622. The highest BCUT2D eigenvalue weighted by molar-refractivity contribution is 5.85. The Morgan fingerprint density at radius 3 is 2.27 bits per heavy atom. The molecule has 0 bridgehead atoms. The zero-order valence-corrected chi connectivity index (χ0v) is 13.3. The van der Waals surface area contributed by atoms with Crippen molar-refractivity contribution >= 4 is 12.1 Å². The standard InChI is InChI=1S/C17H21NO4/c1-17(2,3)22-16(20)18-13(12-8-6-5-7-9-12)10-11-14(18)15(19)21-4/h5-11,13-14H,1-4H3/t13-,14+/m1/s1. The Morgan fingerprint density at radius 1 is 1.09 bits per heavy atom. The van der Waals surface area contributed by atoms with Gasteiger partial charge >= 0.3 is 12.1 Å². The lowest BCUT2D eigenvalue weighted by atomic mass is 10.1. The largest absolute Gasteiger partial charge is 0.467 e. The van der Waals surface area contributed by atoms with E-state index in [4.69, 9.17) is 9.47 Å². The molecule has 1 amide bonds. The van der Waals surface area contributed by atoms with Crippen molar-refractivity contribution in [2.75, 3.05) is 7.11 Å². The van der Waals surface area contributed by atoms with E-state index in [1.165, 1.54) is 12.0 Å². The van der Waals surface area contributed by atoms with Crippen molar-refractivity contribution in [2.24, 2.45) is 0 Å².